The number of aromatic nitrogens is 1. The zero-order valence-corrected chi connectivity index (χ0v) is 16.3. The van der Waals surface area contributed by atoms with Crippen LogP contribution in [-0.2, 0) is 15.1 Å². The summed E-state index contributed by atoms with van der Waals surface area (Å²) in [6, 6.07) is 19.2. The Morgan fingerprint density at radius 1 is 1.07 bits per heavy atom. The van der Waals surface area contributed by atoms with Crippen molar-refractivity contribution in [2.75, 3.05) is 11.9 Å². The molecule has 4 rings (SSSR count). The Labute approximate surface area is 172 Å². The number of nitrogens with one attached hydrogen (secondary N) is 2. The number of amides is 4. The van der Waals surface area contributed by atoms with Crippen LogP contribution in [0.1, 0.15) is 23.3 Å². The van der Waals surface area contributed by atoms with Crippen LogP contribution in [0, 0.1) is 6.92 Å². The number of aryl methyl sites for hydroxylation is 1. The fourth-order valence-electron chi connectivity index (χ4n) is 3.56. The van der Waals surface area contributed by atoms with Crippen LogP contribution in [0.5, 0.6) is 0 Å². The summed E-state index contributed by atoms with van der Waals surface area (Å²) in [6.45, 7) is 1.65. The molecule has 1 aliphatic rings. The fourth-order valence-corrected chi connectivity index (χ4v) is 3.56. The van der Waals surface area contributed by atoms with E-state index in [-0.39, 0.29) is 24.7 Å². The van der Waals surface area contributed by atoms with Gasteiger partial charge in [0.1, 0.15) is 5.76 Å². The number of hydrogen-bond donors (Lipinski definition) is 2. The smallest absolute Gasteiger partial charge is 0.325 e. The van der Waals surface area contributed by atoms with Gasteiger partial charge < -0.3 is 15.2 Å². The Kier molecular flexibility index (Phi) is 5.05. The first-order chi connectivity index (χ1) is 14.5. The highest BCUT2D eigenvalue weighted by Gasteiger charge is 2.53. The summed E-state index contributed by atoms with van der Waals surface area (Å²) < 4.78 is 4.91. The molecule has 0 radical (unpaired) electrons. The Morgan fingerprint density at radius 3 is 2.20 bits per heavy atom. The van der Waals surface area contributed by atoms with Gasteiger partial charge in [0.25, 0.3) is 5.91 Å². The van der Waals surface area contributed by atoms with E-state index < -0.39 is 17.5 Å². The quantitative estimate of drug-likeness (QED) is 0.615. The summed E-state index contributed by atoms with van der Waals surface area (Å²) in [5.41, 5.74) is -0.0293. The summed E-state index contributed by atoms with van der Waals surface area (Å²) in [5.74, 6) is 0.0586. The number of benzene rings is 2. The Hall–Kier alpha value is -3.94. The summed E-state index contributed by atoms with van der Waals surface area (Å²) >= 11 is 0. The molecule has 3 aromatic rings. The number of imide groups is 1. The minimum Gasteiger partial charge on any atom is -0.360 e. The van der Waals surface area contributed by atoms with Crippen LogP contribution in [0.2, 0.25) is 0 Å². The maximum Gasteiger partial charge on any atom is 0.325 e. The van der Waals surface area contributed by atoms with Crippen molar-refractivity contribution in [3.8, 4) is 0 Å². The summed E-state index contributed by atoms with van der Waals surface area (Å²) in [7, 11) is 0. The molecule has 8 nitrogen and oxygen atoms in total. The molecule has 0 aliphatic carbocycles. The second kappa shape index (κ2) is 7.82. The molecule has 2 heterocycles. The van der Waals surface area contributed by atoms with Crippen molar-refractivity contribution in [3.63, 3.8) is 0 Å². The molecular formula is C22H20N4O4. The van der Waals surface area contributed by atoms with Crippen molar-refractivity contribution in [2.24, 2.45) is 0 Å². The predicted molar refractivity (Wildman–Crippen MR) is 108 cm³/mol. The molecule has 2 aromatic carbocycles. The molecule has 152 valence electrons. The first kappa shape index (κ1) is 19.4. The normalized spacial score (nSPS) is 15.2. The van der Waals surface area contributed by atoms with E-state index in [0.717, 1.165) is 4.90 Å². The monoisotopic (exact) mass is 404 g/mol. The highest BCUT2D eigenvalue weighted by Crippen LogP contribution is 2.36. The first-order valence-electron chi connectivity index (χ1n) is 9.49. The molecule has 0 atom stereocenters. The van der Waals surface area contributed by atoms with Gasteiger partial charge in [-0.3, -0.25) is 14.5 Å². The van der Waals surface area contributed by atoms with E-state index in [4.69, 9.17) is 4.52 Å². The third kappa shape index (κ3) is 3.43. The number of urea groups is 1. The number of rotatable bonds is 6. The lowest BCUT2D eigenvalue weighted by Gasteiger charge is -2.28. The van der Waals surface area contributed by atoms with Crippen molar-refractivity contribution >= 4 is 23.7 Å². The van der Waals surface area contributed by atoms with Gasteiger partial charge in [-0.1, -0.05) is 65.8 Å². The summed E-state index contributed by atoms with van der Waals surface area (Å²) in [5, 5.41) is 9.14. The van der Waals surface area contributed by atoms with Crippen molar-refractivity contribution in [1.29, 1.82) is 0 Å². The number of nitrogens with zero attached hydrogens (tertiary/aromatic N) is 2. The molecule has 0 spiro atoms. The van der Waals surface area contributed by atoms with Gasteiger partial charge in [0.2, 0.25) is 5.91 Å². The molecule has 8 heteroatoms. The second-order valence-electron chi connectivity index (χ2n) is 6.99. The number of carbonyl (C=O) groups is 3. The van der Waals surface area contributed by atoms with Crippen LogP contribution < -0.4 is 10.6 Å². The summed E-state index contributed by atoms with van der Waals surface area (Å²) in [6.07, 6.45) is -0.0648. The van der Waals surface area contributed by atoms with Crippen molar-refractivity contribution in [2.45, 2.75) is 18.9 Å². The molecule has 4 amide bonds. The topological polar surface area (TPSA) is 105 Å². The van der Waals surface area contributed by atoms with E-state index in [1.165, 1.54) is 0 Å². The molecule has 0 unspecified atom stereocenters. The molecule has 0 bridgehead atoms. The standard InChI is InChI=1S/C22H20N4O4/c1-15-14-18(25-30-15)23-19(27)12-13-26-20(28)22(24-21(26)29,16-8-4-2-5-9-16)17-10-6-3-7-11-17/h2-11,14H,12-13H2,1H3,(H,24,29)(H,23,25,27). The zero-order chi connectivity index (χ0) is 21.1. The van der Waals surface area contributed by atoms with Gasteiger partial charge >= 0.3 is 6.03 Å². The second-order valence-corrected chi connectivity index (χ2v) is 6.99. The van der Waals surface area contributed by atoms with Crippen molar-refractivity contribution in [1.82, 2.24) is 15.4 Å². The molecule has 30 heavy (non-hydrogen) atoms. The van der Waals surface area contributed by atoms with Crippen LogP contribution in [0.25, 0.3) is 0 Å². The lowest BCUT2D eigenvalue weighted by atomic mass is 9.82. The summed E-state index contributed by atoms with van der Waals surface area (Å²) in [4.78, 5) is 39.6. The maximum absolute atomic E-state index is 13.5. The maximum atomic E-state index is 13.5. The molecule has 0 saturated carbocycles. The average Bonchev–Trinajstić information content (AvgIpc) is 3.28. The lowest BCUT2D eigenvalue weighted by molar-refractivity contribution is -0.130. The van der Waals surface area contributed by atoms with Gasteiger partial charge in [-0.2, -0.15) is 0 Å². The average molecular weight is 404 g/mol. The van der Waals surface area contributed by atoms with Gasteiger partial charge in [-0.25, -0.2) is 4.79 Å². The van der Waals surface area contributed by atoms with E-state index in [2.05, 4.69) is 15.8 Å². The van der Waals surface area contributed by atoms with Crippen LogP contribution in [-0.4, -0.2) is 34.4 Å². The predicted octanol–water partition coefficient (Wildman–Crippen LogP) is 2.81. The highest BCUT2D eigenvalue weighted by atomic mass is 16.5. The third-order valence-corrected chi connectivity index (χ3v) is 4.98. The number of carbonyl (C=O) groups excluding carboxylic acids is 3. The van der Waals surface area contributed by atoms with Gasteiger partial charge in [0.05, 0.1) is 0 Å². The van der Waals surface area contributed by atoms with E-state index in [9.17, 15) is 14.4 Å². The Morgan fingerprint density at radius 2 is 1.67 bits per heavy atom. The third-order valence-electron chi connectivity index (χ3n) is 4.98. The van der Waals surface area contributed by atoms with Gasteiger partial charge in [0.15, 0.2) is 11.4 Å². The number of hydrogen-bond acceptors (Lipinski definition) is 5. The largest absolute Gasteiger partial charge is 0.360 e. The number of anilines is 1. The minimum absolute atomic E-state index is 0.0608. The SMILES string of the molecule is Cc1cc(NC(=O)CCN2C(=O)NC(c3ccccc3)(c3ccccc3)C2=O)no1. The molecule has 2 N–H and O–H groups in total. The highest BCUT2D eigenvalue weighted by molar-refractivity contribution is 6.09. The van der Waals surface area contributed by atoms with Crippen molar-refractivity contribution in [3.05, 3.63) is 83.6 Å². The van der Waals surface area contributed by atoms with Crippen LogP contribution >= 0.6 is 0 Å². The van der Waals surface area contributed by atoms with Gasteiger partial charge in [-0.05, 0) is 18.1 Å². The van der Waals surface area contributed by atoms with E-state index in [0.29, 0.717) is 16.9 Å². The molecule has 1 saturated heterocycles. The van der Waals surface area contributed by atoms with Crippen LogP contribution in [0.3, 0.4) is 0 Å². The minimum atomic E-state index is -1.33. The van der Waals surface area contributed by atoms with E-state index >= 15 is 0 Å². The first-order valence-corrected chi connectivity index (χ1v) is 9.49. The molecule has 1 aromatic heterocycles. The van der Waals surface area contributed by atoms with Crippen molar-refractivity contribution < 1.29 is 18.9 Å². The zero-order valence-electron chi connectivity index (χ0n) is 16.3. The van der Waals surface area contributed by atoms with Gasteiger partial charge in [0, 0.05) is 19.0 Å². The Balaban J connectivity index is 1.57. The molecular weight excluding hydrogens is 384 g/mol. The lowest BCUT2D eigenvalue weighted by Crippen LogP contribution is -2.45. The van der Waals surface area contributed by atoms with E-state index in [1.807, 2.05) is 36.4 Å². The Bertz CT molecular complexity index is 1040. The molecule has 1 aliphatic heterocycles. The van der Waals surface area contributed by atoms with Crippen LogP contribution in [0.4, 0.5) is 10.6 Å². The molecule has 1 fully saturated rings. The van der Waals surface area contributed by atoms with Crippen LogP contribution in [0.15, 0.2) is 71.3 Å². The fraction of sp³-hybridized carbons (Fsp3) is 0.182. The van der Waals surface area contributed by atoms with E-state index in [1.54, 1.807) is 37.3 Å². The van der Waals surface area contributed by atoms with Gasteiger partial charge in [-0.15, -0.1) is 0 Å².